The predicted octanol–water partition coefficient (Wildman–Crippen LogP) is 1.11. The van der Waals surface area contributed by atoms with E-state index in [1.807, 2.05) is 0 Å². The Morgan fingerprint density at radius 2 is 2.50 bits per heavy atom. The molecule has 1 amide bonds. The van der Waals surface area contributed by atoms with E-state index in [2.05, 4.69) is 10.3 Å². The molecule has 0 bridgehead atoms. The fourth-order valence-corrected chi connectivity index (χ4v) is 1.11. The van der Waals surface area contributed by atoms with Crippen LogP contribution in [0.1, 0.15) is 10.5 Å². The van der Waals surface area contributed by atoms with Gasteiger partial charge in [0.05, 0.1) is 11.6 Å². The standard InChI is InChI=1S/C9H11ClN2O2/c1-14-6-5-12-9(13)8-7(10)3-2-4-11-8/h2-4H,5-6H2,1H3,(H,12,13). The van der Waals surface area contributed by atoms with Gasteiger partial charge in [-0.1, -0.05) is 11.6 Å². The third-order valence-electron chi connectivity index (χ3n) is 1.57. The highest BCUT2D eigenvalue weighted by molar-refractivity contribution is 6.33. The van der Waals surface area contributed by atoms with Crippen LogP contribution >= 0.6 is 11.6 Å². The Balaban J connectivity index is 2.56. The molecule has 14 heavy (non-hydrogen) atoms. The number of carbonyl (C=O) groups is 1. The van der Waals surface area contributed by atoms with Crippen molar-refractivity contribution in [2.75, 3.05) is 20.3 Å². The van der Waals surface area contributed by atoms with Gasteiger partial charge in [-0.3, -0.25) is 4.79 Å². The number of pyridine rings is 1. The number of hydrogen-bond acceptors (Lipinski definition) is 3. The highest BCUT2D eigenvalue weighted by atomic mass is 35.5. The Morgan fingerprint density at radius 1 is 1.71 bits per heavy atom. The van der Waals surface area contributed by atoms with Crippen LogP contribution in [0.15, 0.2) is 18.3 Å². The smallest absolute Gasteiger partial charge is 0.271 e. The molecule has 0 unspecified atom stereocenters. The van der Waals surface area contributed by atoms with Crippen LogP contribution in [0, 0.1) is 0 Å². The predicted molar refractivity (Wildman–Crippen MR) is 53.5 cm³/mol. The van der Waals surface area contributed by atoms with Gasteiger partial charge in [0.15, 0.2) is 0 Å². The molecule has 0 spiro atoms. The van der Waals surface area contributed by atoms with E-state index < -0.39 is 0 Å². The molecule has 1 N–H and O–H groups in total. The van der Waals surface area contributed by atoms with Crippen molar-refractivity contribution in [2.45, 2.75) is 0 Å². The summed E-state index contributed by atoms with van der Waals surface area (Å²) in [6.45, 7) is 0.915. The van der Waals surface area contributed by atoms with Gasteiger partial charge in [-0.2, -0.15) is 0 Å². The van der Waals surface area contributed by atoms with Crippen LogP contribution in [-0.2, 0) is 4.74 Å². The van der Waals surface area contributed by atoms with Crippen LogP contribution in [0.25, 0.3) is 0 Å². The van der Waals surface area contributed by atoms with Crippen LogP contribution < -0.4 is 5.32 Å². The number of carbonyl (C=O) groups excluding carboxylic acids is 1. The molecule has 1 rings (SSSR count). The molecule has 4 nitrogen and oxygen atoms in total. The summed E-state index contributed by atoms with van der Waals surface area (Å²) in [5.41, 5.74) is 0.241. The molecular formula is C9H11ClN2O2. The first-order valence-electron chi connectivity index (χ1n) is 4.13. The second-order valence-corrected chi connectivity index (χ2v) is 2.99. The fourth-order valence-electron chi connectivity index (χ4n) is 0.903. The number of nitrogens with zero attached hydrogens (tertiary/aromatic N) is 1. The zero-order valence-corrected chi connectivity index (χ0v) is 8.54. The number of hydrogen-bond donors (Lipinski definition) is 1. The lowest BCUT2D eigenvalue weighted by molar-refractivity contribution is 0.0932. The van der Waals surface area contributed by atoms with Crippen LogP contribution in [0.5, 0.6) is 0 Å². The maximum atomic E-state index is 11.4. The molecule has 5 heteroatoms. The first kappa shape index (κ1) is 10.9. The molecule has 1 heterocycles. The minimum Gasteiger partial charge on any atom is -0.383 e. The third-order valence-corrected chi connectivity index (χ3v) is 1.87. The van der Waals surface area contributed by atoms with E-state index >= 15 is 0 Å². The van der Waals surface area contributed by atoms with Gasteiger partial charge in [-0.25, -0.2) is 4.98 Å². The average molecular weight is 215 g/mol. The molecule has 1 aromatic rings. The molecule has 0 saturated heterocycles. The SMILES string of the molecule is COCCNC(=O)c1ncccc1Cl. The lowest BCUT2D eigenvalue weighted by atomic mass is 10.3. The van der Waals surface area contributed by atoms with E-state index in [0.29, 0.717) is 18.2 Å². The van der Waals surface area contributed by atoms with Crippen molar-refractivity contribution >= 4 is 17.5 Å². The molecule has 76 valence electrons. The van der Waals surface area contributed by atoms with Crippen molar-refractivity contribution in [3.63, 3.8) is 0 Å². The Hall–Kier alpha value is -1.13. The molecule has 0 saturated carbocycles. The molecular weight excluding hydrogens is 204 g/mol. The van der Waals surface area contributed by atoms with Gasteiger partial charge < -0.3 is 10.1 Å². The maximum Gasteiger partial charge on any atom is 0.271 e. The summed E-state index contributed by atoms with van der Waals surface area (Å²) in [4.78, 5) is 15.3. The maximum absolute atomic E-state index is 11.4. The molecule has 1 aromatic heterocycles. The first-order chi connectivity index (χ1) is 6.75. The van der Waals surface area contributed by atoms with Crippen molar-refractivity contribution < 1.29 is 9.53 Å². The second-order valence-electron chi connectivity index (χ2n) is 2.58. The quantitative estimate of drug-likeness (QED) is 0.764. The van der Waals surface area contributed by atoms with Crippen LogP contribution in [0.2, 0.25) is 5.02 Å². The highest BCUT2D eigenvalue weighted by Gasteiger charge is 2.09. The number of nitrogens with one attached hydrogen (secondary N) is 1. The van der Waals surface area contributed by atoms with E-state index in [4.69, 9.17) is 16.3 Å². The summed E-state index contributed by atoms with van der Waals surface area (Å²) in [6, 6.07) is 3.30. The Kier molecular flexibility index (Phi) is 4.35. The normalized spacial score (nSPS) is 9.86. The van der Waals surface area contributed by atoms with Gasteiger partial charge in [0.1, 0.15) is 5.69 Å². The van der Waals surface area contributed by atoms with Gasteiger partial charge in [-0.15, -0.1) is 0 Å². The largest absolute Gasteiger partial charge is 0.383 e. The van der Waals surface area contributed by atoms with Crippen molar-refractivity contribution in [1.29, 1.82) is 0 Å². The molecule has 0 aliphatic carbocycles. The number of rotatable bonds is 4. The van der Waals surface area contributed by atoms with Crippen molar-refractivity contribution in [3.05, 3.63) is 29.0 Å². The number of ether oxygens (including phenoxy) is 1. The summed E-state index contributed by atoms with van der Waals surface area (Å²) in [5.74, 6) is -0.285. The Morgan fingerprint density at radius 3 is 3.14 bits per heavy atom. The summed E-state index contributed by atoms with van der Waals surface area (Å²) < 4.78 is 4.79. The van der Waals surface area contributed by atoms with Crippen molar-refractivity contribution in [2.24, 2.45) is 0 Å². The van der Waals surface area contributed by atoms with Crippen molar-refractivity contribution in [1.82, 2.24) is 10.3 Å². The number of methoxy groups -OCH3 is 1. The number of aromatic nitrogens is 1. The van der Waals surface area contributed by atoms with Crippen LogP contribution in [-0.4, -0.2) is 31.2 Å². The molecule has 0 atom stereocenters. The summed E-state index contributed by atoms with van der Waals surface area (Å²) in [7, 11) is 1.57. The van der Waals surface area contributed by atoms with Crippen molar-refractivity contribution in [3.8, 4) is 0 Å². The molecule has 0 fully saturated rings. The van der Waals surface area contributed by atoms with E-state index in [-0.39, 0.29) is 11.6 Å². The Bertz CT molecular complexity index is 317. The zero-order valence-electron chi connectivity index (χ0n) is 7.79. The second kappa shape index (κ2) is 5.57. The van der Waals surface area contributed by atoms with Crippen LogP contribution in [0.4, 0.5) is 0 Å². The number of halogens is 1. The fraction of sp³-hybridized carbons (Fsp3) is 0.333. The van der Waals surface area contributed by atoms with Gasteiger partial charge in [0, 0.05) is 19.9 Å². The lowest BCUT2D eigenvalue weighted by Gasteiger charge is -2.04. The Labute approximate surface area is 87.2 Å². The lowest BCUT2D eigenvalue weighted by Crippen LogP contribution is -2.27. The van der Waals surface area contributed by atoms with Gasteiger partial charge in [0.2, 0.25) is 0 Å². The molecule has 0 aliphatic rings. The summed E-state index contributed by atoms with van der Waals surface area (Å²) >= 11 is 5.78. The molecule has 0 aliphatic heterocycles. The zero-order chi connectivity index (χ0) is 10.4. The minimum atomic E-state index is -0.285. The third kappa shape index (κ3) is 2.97. The van der Waals surface area contributed by atoms with Gasteiger partial charge in [-0.05, 0) is 12.1 Å². The average Bonchev–Trinajstić information content (AvgIpc) is 2.18. The highest BCUT2D eigenvalue weighted by Crippen LogP contribution is 2.11. The van der Waals surface area contributed by atoms with Gasteiger partial charge in [0.25, 0.3) is 5.91 Å². The minimum absolute atomic E-state index is 0.241. The van der Waals surface area contributed by atoms with E-state index in [1.54, 1.807) is 19.2 Å². The topological polar surface area (TPSA) is 51.2 Å². The molecule has 0 aromatic carbocycles. The summed E-state index contributed by atoms with van der Waals surface area (Å²) in [6.07, 6.45) is 1.52. The van der Waals surface area contributed by atoms with Crippen LogP contribution in [0.3, 0.4) is 0 Å². The first-order valence-corrected chi connectivity index (χ1v) is 4.51. The number of amides is 1. The van der Waals surface area contributed by atoms with E-state index in [9.17, 15) is 4.79 Å². The monoisotopic (exact) mass is 214 g/mol. The molecule has 0 radical (unpaired) electrons. The van der Waals surface area contributed by atoms with E-state index in [1.165, 1.54) is 6.20 Å². The van der Waals surface area contributed by atoms with Gasteiger partial charge >= 0.3 is 0 Å². The van der Waals surface area contributed by atoms with E-state index in [0.717, 1.165) is 0 Å². The summed E-state index contributed by atoms with van der Waals surface area (Å²) in [5, 5.41) is 2.98.